The van der Waals surface area contributed by atoms with Gasteiger partial charge in [0.15, 0.2) is 11.6 Å². The minimum atomic E-state index is -0.508. The van der Waals surface area contributed by atoms with Crippen LogP contribution in [0.3, 0.4) is 0 Å². The van der Waals surface area contributed by atoms with Crippen LogP contribution in [-0.4, -0.2) is 22.3 Å². The van der Waals surface area contributed by atoms with Crippen molar-refractivity contribution in [2.24, 2.45) is 0 Å². The predicted octanol–water partition coefficient (Wildman–Crippen LogP) is 7.45. The maximum absolute atomic E-state index is 15.0. The summed E-state index contributed by atoms with van der Waals surface area (Å²) in [7, 11) is 0. The van der Waals surface area contributed by atoms with Gasteiger partial charge in [-0.1, -0.05) is 48.9 Å². The Bertz CT molecular complexity index is 1600. The fourth-order valence-electron chi connectivity index (χ4n) is 4.40. The van der Waals surface area contributed by atoms with E-state index in [1.807, 2.05) is 49.5 Å². The topological polar surface area (TPSA) is 64.1 Å². The summed E-state index contributed by atoms with van der Waals surface area (Å²) in [6.45, 7) is 5.90. The maximum atomic E-state index is 15.0. The molecule has 198 valence electrons. The Kier molecular flexibility index (Phi) is 8.39. The van der Waals surface area contributed by atoms with Gasteiger partial charge in [-0.25, -0.2) is 4.39 Å². The van der Waals surface area contributed by atoms with Crippen molar-refractivity contribution >= 4 is 27.3 Å². The van der Waals surface area contributed by atoms with E-state index < -0.39 is 5.82 Å². The van der Waals surface area contributed by atoms with Gasteiger partial charge in [0.25, 0.3) is 0 Å². The van der Waals surface area contributed by atoms with Gasteiger partial charge in [0.1, 0.15) is 11.5 Å². The van der Waals surface area contributed by atoms with Crippen LogP contribution in [0, 0.1) is 12.7 Å². The molecule has 5 rings (SSSR count). The molecule has 0 aliphatic heterocycles. The van der Waals surface area contributed by atoms with Gasteiger partial charge in [-0.2, -0.15) is 0 Å². The van der Waals surface area contributed by atoms with Gasteiger partial charge >= 0.3 is 0 Å². The van der Waals surface area contributed by atoms with Crippen LogP contribution in [0.2, 0.25) is 0 Å². The average molecular weight is 540 g/mol. The Hall–Kier alpha value is -3.94. The molecule has 3 aromatic heterocycles. The average Bonchev–Trinajstić information content (AvgIpc) is 3.36. The lowest BCUT2D eigenvalue weighted by Crippen LogP contribution is -2.13. The van der Waals surface area contributed by atoms with E-state index in [0.29, 0.717) is 17.7 Å². The molecule has 0 spiro atoms. The van der Waals surface area contributed by atoms with Crippen molar-refractivity contribution in [3.05, 3.63) is 107 Å². The van der Waals surface area contributed by atoms with Gasteiger partial charge in [-0.15, -0.1) is 11.3 Å². The fraction of sp³-hybridized carbons (Fsp3) is 0.219. The number of aryl methyl sites for hydroxylation is 1. The number of benzene rings is 2. The predicted molar refractivity (Wildman–Crippen MR) is 155 cm³/mol. The smallest absolute Gasteiger partial charge is 0.166 e. The van der Waals surface area contributed by atoms with Crippen molar-refractivity contribution in [3.63, 3.8) is 0 Å². The third kappa shape index (κ3) is 6.74. The number of fused-ring (bicyclic) bond motifs is 1. The molecule has 0 saturated carbocycles. The second-order valence-electron chi connectivity index (χ2n) is 9.61. The number of hydrogen-bond acceptors (Lipinski definition) is 6. The largest absolute Gasteiger partial charge is 0.453 e. The van der Waals surface area contributed by atoms with Crippen LogP contribution in [-0.2, 0) is 24.2 Å². The van der Waals surface area contributed by atoms with E-state index in [1.54, 1.807) is 24.4 Å². The molecule has 0 saturated heterocycles. The van der Waals surface area contributed by atoms with E-state index in [1.165, 1.54) is 17.4 Å². The highest BCUT2D eigenvalue weighted by molar-refractivity contribution is 7.22. The van der Waals surface area contributed by atoms with Crippen molar-refractivity contribution in [2.45, 2.75) is 39.7 Å². The number of Topliss-reactive ketones (excluding diaryl/α,β-unsaturated/α-hetero) is 1. The van der Waals surface area contributed by atoms with Crippen LogP contribution in [0.1, 0.15) is 35.6 Å². The summed E-state index contributed by atoms with van der Waals surface area (Å²) in [5.41, 5.74) is 5.45. The molecule has 0 aliphatic carbocycles. The van der Waals surface area contributed by atoms with Crippen molar-refractivity contribution in [2.75, 3.05) is 6.54 Å². The first-order valence-electron chi connectivity index (χ1n) is 13.1. The first kappa shape index (κ1) is 26.7. The number of ketones is 1. The van der Waals surface area contributed by atoms with Gasteiger partial charge in [0.2, 0.25) is 0 Å². The van der Waals surface area contributed by atoms with Crippen LogP contribution < -0.4 is 10.1 Å². The third-order valence-electron chi connectivity index (χ3n) is 6.31. The molecule has 0 atom stereocenters. The standard InChI is InChI=1S/C32H30FN3O2S/c1-3-12-34-19-24-7-9-27(36-20-24)31-18-28-32(39-31)30(11-13-35-28)38-29-10-8-23(17-26(29)33)16-25(37)15-22-6-4-5-21(2)14-22/h4-11,13-14,17-18,20,34H,3,12,15-16,19H2,1-2H3. The molecule has 0 bridgehead atoms. The van der Waals surface area contributed by atoms with E-state index >= 15 is 4.39 Å². The zero-order valence-electron chi connectivity index (χ0n) is 22.0. The molecular formula is C32H30FN3O2S. The first-order chi connectivity index (χ1) is 19.0. The fourth-order valence-corrected chi connectivity index (χ4v) is 5.44. The number of thiophene rings is 1. The van der Waals surface area contributed by atoms with E-state index in [4.69, 9.17) is 4.74 Å². The SMILES string of the molecule is CCCNCc1ccc(-c2cc3nccc(Oc4ccc(CC(=O)Cc5cccc(C)c5)cc4F)c3s2)nc1. The van der Waals surface area contributed by atoms with Crippen LogP contribution >= 0.6 is 11.3 Å². The van der Waals surface area contributed by atoms with Gasteiger partial charge in [-0.3, -0.25) is 14.8 Å². The highest BCUT2D eigenvalue weighted by atomic mass is 32.1. The van der Waals surface area contributed by atoms with E-state index in [-0.39, 0.29) is 18.0 Å². The molecule has 2 aromatic carbocycles. The van der Waals surface area contributed by atoms with E-state index in [9.17, 15) is 4.79 Å². The highest BCUT2D eigenvalue weighted by Gasteiger charge is 2.15. The molecule has 0 aliphatic rings. The Morgan fingerprint density at radius 2 is 1.77 bits per heavy atom. The third-order valence-corrected chi connectivity index (χ3v) is 7.47. The molecule has 3 heterocycles. The van der Waals surface area contributed by atoms with Crippen molar-refractivity contribution in [3.8, 4) is 22.1 Å². The zero-order chi connectivity index (χ0) is 27.2. The molecule has 0 amide bonds. The number of pyridine rings is 2. The van der Waals surface area contributed by atoms with Crippen LogP contribution in [0.15, 0.2) is 79.1 Å². The lowest BCUT2D eigenvalue weighted by Gasteiger charge is -2.09. The zero-order valence-corrected chi connectivity index (χ0v) is 22.9. The summed E-state index contributed by atoms with van der Waals surface area (Å²) in [6.07, 6.45) is 5.12. The summed E-state index contributed by atoms with van der Waals surface area (Å²) in [5.74, 6) is 0.161. The van der Waals surface area contributed by atoms with Crippen molar-refractivity contribution < 1.29 is 13.9 Å². The second kappa shape index (κ2) is 12.3. The number of ether oxygens (including phenoxy) is 1. The summed E-state index contributed by atoms with van der Waals surface area (Å²) in [4.78, 5) is 22.6. The molecule has 1 N–H and O–H groups in total. The second-order valence-corrected chi connectivity index (χ2v) is 10.7. The number of nitrogens with one attached hydrogen (secondary N) is 1. The number of aromatic nitrogens is 2. The highest BCUT2D eigenvalue weighted by Crippen LogP contribution is 2.39. The lowest BCUT2D eigenvalue weighted by molar-refractivity contribution is -0.117. The molecule has 5 aromatic rings. The molecule has 7 heteroatoms. The summed E-state index contributed by atoms with van der Waals surface area (Å²) < 4.78 is 21.8. The van der Waals surface area contributed by atoms with Crippen LogP contribution in [0.5, 0.6) is 11.5 Å². The molecular weight excluding hydrogens is 509 g/mol. The quantitative estimate of drug-likeness (QED) is 0.177. The number of hydrogen-bond donors (Lipinski definition) is 1. The molecule has 0 fully saturated rings. The minimum Gasteiger partial charge on any atom is -0.453 e. The van der Waals surface area contributed by atoms with Crippen LogP contribution in [0.25, 0.3) is 20.8 Å². The van der Waals surface area contributed by atoms with Crippen molar-refractivity contribution in [1.29, 1.82) is 0 Å². The summed E-state index contributed by atoms with van der Waals surface area (Å²) >= 11 is 1.51. The molecule has 5 nitrogen and oxygen atoms in total. The summed E-state index contributed by atoms with van der Waals surface area (Å²) in [6, 6.07) is 20.4. The summed E-state index contributed by atoms with van der Waals surface area (Å²) in [5, 5.41) is 3.38. The monoisotopic (exact) mass is 539 g/mol. The first-order valence-corrected chi connectivity index (χ1v) is 13.9. The number of nitrogens with zero attached hydrogens (tertiary/aromatic N) is 2. The number of carbonyl (C=O) groups is 1. The maximum Gasteiger partial charge on any atom is 0.166 e. The lowest BCUT2D eigenvalue weighted by atomic mass is 10.0. The Morgan fingerprint density at radius 3 is 2.51 bits per heavy atom. The Labute approximate surface area is 231 Å². The molecule has 39 heavy (non-hydrogen) atoms. The number of halogens is 1. The van der Waals surface area contributed by atoms with Crippen molar-refractivity contribution in [1.82, 2.24) is 15.3 Å². The van der Waals surface area contributed by atoms with Gasteiger partial charge < -0.3 is 10.1 Å². The number of rotatable bonds is 11. The Balaban J connectivity index is 1.29. The van der Waals surface area contributed by atoms with Gasteiger partial charge in [-0.05, 0) is 60.8 Å². The van der Waals surface area contributed by atoms with E-state index in [2.05, 4.69) is 28.3 Å². The minimum absolute atomic E-state index is 0.0366. The van der Waals surface area contributed by atoms with Crippen LogP contribution in [0.4, 0.5) is 4.39 Å². The van der Waals surface area contributed by atoms with Gasteiger partial charge in [0, 0.05) is 37.8 Å². The molecule has 0 unspecified atom stereocenters. The van der Waals surface area contributed by atoms with Gasteiger partial charge in [0.05, 0.1) is 20.8 Å². The Morgan fingerprint density at radius 1 is 0.949 bits per heavy atom. The van der Waals surface area contributed by atoms with E-state index in [0.717, 1.165) is 57.0 Å². The molecule has 0 radical (unpaired) electrons. The normalized spacial score (nSPS) is 11.2. The number of carbonyl (C=O) groups excluding carboxylic acids is 1.